The van der Waals surface area contributed by atoms with E-state index in [0.717, 1.165) is 24.3 Å². The van der Waals surface area contributed by atoms with Crippen molar-refractivity contribution in [1.82, 2.24) is 14.5 Å². The van der Waals surface area contributed by atoms with Crippen LogP contribution in [0.3, 0.4) is 0 Å². The molecule has 0 saturated heterocycles. The van der Waals surface area contributed by atoms with E-state index < -0.39 is 0 Å². The molecular formula is C16H24ClN3. The molecule has 0 unspecified atom stereocenters. The van der Waals surface area contributed by atoms with Crippen LogP contribution in [0.2, 0.25) is 0 Å². The van der Waals surface area contributed by atoms with Gasteiger partial charge in [-0.2, -0.15) is 0 Å². The minimum absolute atomic E-state index is 0.0679. The molecular weight excluding hydrogens is 270 g/mol. The van der Waals surface area contributed by atoms with Gasteiger partial charge >= 0.3 is 0 Å². The molecule has 1 heterocycles. The molecule has 3 nitrogen and oxygen atoms in total. The average molecular weight is 294 g/mol. The van der Waals surface area contributed by atoms with E-state index in [1.165, 1.54) is 11.1 Å². The monoisotopic (exact) mass is 293 g/mol. The Hall–Kier alpha value is -1.06. The van der Waals surface area contributed by atoms with Crippen molar-refractivity contribution in [2.24, 2.45) is 0 Å². The first-order chi connectivity index (χ1) is 9.35. The van der Waals surface area contributed by atoms with Gasteiger partial charge in [0, 0.05) is 24.4 Å². The number of halogens is 1. The van der Waals surface area contributed by atoms with Crippen LogP contribution in [-0.2, 0) is 13.0 Å². The van der Waals surface area contributed by atoms with Crippen LogP contribution < -0.4 is 0 Å². The molecule has 2 rings (SSSR count). The number of rotatable bonds is 5. The highest BCUT2D eigenvalue weighted by atomic mass is 35.5. The molecule has 0 aliphatic rings. The highest BCUT2D eigenvalue weighted by molar-refractivity contribution is 6.17. The number of aromatic nitrogens is 2. The number of imidazole rings is 1. The summed E-state index contributed by atoms with van der Waals surface area (Å²) in [6.45, 7) is 7.53. The Morgan fingerprint density at radius 2 is 2.00 bits per heavy atom. The van der Waals surface area contributed by atoms with E-state index in [-0.39, 0.29) is 5.54 Å². The molecule has 4 heteroatoms. The van der Waals surface area contributed by atoms with E-state index in [1.807, 2.05) is 0 Å². The van der Waals surface area contributed by atoms with Crippen molar-refractivity contribution >= 4 is 22.6 Å². The van der Waals surface area contributed by atoms with Gasteiger partial charge in [-0.1, -0.05) is 6.07 Å². The van der Waals surface area contributed by atoms with E-state index in [1.54, 1.807) is 0 Å². The number of likely N-dealkylation sites (N-methyl/N-ethyl adjacent to an activating group) is 1. The third-order valence-electron chi connectivity index (χ3n) is 4.06. The first-order valence-electron chi connectivity index (χ1n) is 7.04. The normalized spacial score (nSPS) is 12.6. The molecule has 110 valence electrons. The molecule has 0 spiro atoms. The summed E-state index contributed by atoms with van der Waals surface area (Å²) < 4.78 is 2.32. The van der Waals surface area contributed by atoms with Gasteiger partial charge in [0.2, 0.25) is 0 Å². The lowest BCUT2D eigenvalue weighted by atomic mass is 10.0. The van der Waals surface area contributed by atoms with Crippen LogP contribution in [-0.4, -0.2) is 40.0 Å². The summed E-state index contributed by atoms with van der Waals surface area (Å²) in [4.78, 5) is 7.00. The van der Waals surface area contributed by atoms with Gasteiger partial charge in [-0.15, -0.1) is 11.6 Å². The zero-order valence-electron chi connectivity index (χ0n) is 13.1. The Balaban J connectivity index is 2.53. The van der Waals surface area contributed by atoms with Gasteiger partial charge in [0.15, 0.2) is 0 Å². The lowest BCUT2D eigenvalue weighted by Crippen LogP contribution is -2.42. The van der Waals surface area contributed by atoms with E-state index in [2.05, 4.69) is 62.5 Å². The number of hydrogen-bond acceptors (Lipinski definition) is 2. The molecule has 0 aliphatic heterocycles. The molecule has 1 aromatic carbocycles. The van der Waals surface area contributed by atoms with Crippen molar-refractivity contribution in [3.63, 3.8) is 0 Å². The Bertz CT molecular complexity index is 599. The van der Waals surface area contributed by atoms with Gasteiger partial charge < -0.3 is 9.47 Å². The van der Waals surface area contributed by atoms with Crippen molar-refractivity contribution in [2.75, 3.05) is 20.0 Å². The van der Waals surface area contributed by atoms with Crippen molar-refractivity contribution in [3.8, 4) is 0 Å². The van der Waals surface area contributed by atoms with Gasteiger partial charge in [0.25, 0.3) is 0 Å². The van der Waals surface area contributed by atoms with Crippen LogP contribution in [0.4, 0.5) is 0 Å². The van der Waals surface area contributed by atoms with Crippen LogP contribution in [0.5, 0.6) is 0 Å². The molecule has 0 bridgehead atoms. The topological polar surface area (TPSA) is 21.1 Å². The van der Waals surface area contributed by atoms with Crippen LogP contribution >= 0.6 is 11.6 Å². The van der Waals surface area contributed by atoms with Crippen LogP contribution in [0.15, 0.2) is 18.2 Å². The highest BCUT2D eigenvalue weighted by Crippen LogP contribution is 2.23. The van der Waals surface area contributed by atoms with Crippen molar-refractivity contribution < 1.29 is 0 Å². The van der Waals surface area contributed by atoms with Gasteiger partial charge in [-0.05, 0) is 52.6 Å². The largest absolute Gasteiger partial charge is 0.326 e. The molecule has 0 amide bonds. The number of fused-ring (bicyclic) bond motifs is 1. The first kappa shape index (κ1) is 15.3. The van der Waals surface area contributed by atoms with Crippen LogP contribution in [0.25, 0.3) is 11.0 Å². The molecule has 0 aliphatic carbocycles. The number of benzene rings is 1. The Morgan fingerprint density at radius 1 is 1.30 bits per heavy atom. The first-order valence-corrected chi connectivity index (χ1v) is 7.58. The Kier molecular flexibility index (Phi) is 4.40. The molecule has 0 saturated carbocycles. The number of hydrogen-bond donors (Lipinski definition) is 0. The van der Waals surface area contributed by atoms with Crippen molar-refractivity contribution in [2.45, 2.75) is 39.3 Å². The van der Waals surface area contributed by atoms with Gasteiger partial charge in [0.1, 0.15) is 5.82 Å². The maximum absolute atomic E-state index is 5.94. The molecule has 0 atom stereocenters. The number of alkyl halides is 1. The summed E-state index contributed by atoms with van der Waals surface area (Å²) in [5.41, 5.74) is 3.60. The SMILES string of the molecule is Cc1ccc2nc(CCCl)n(CC(C)(C)N(C)C)c2c1. The number of aryl methyl sites for hydroxylation is 2. The lowest BCUT2D eigenvalue weighted by Gasteiger charge is -2.33. The minimum atomic E-state index is 0.0679. The second-order valence-electron chi connectivity index (χ2n) is 6.25. The fourth-order valence-electron chi connectivity index (χ4n) is 2.26. The van der Waals surface area contributed by atoms with Gasteiger partial charge in [-0.3, -0.25) is 0 Å². The standard InChI is InChI=1S/C16H24ClN3/c1-12-6-7-13-14(10-12)20(15(18-13)8-9-17)11-16(2,3)19(4)5/h6-7,10H,8-9,11H2,1-5H3. The van der Waals surface area contributed by atoms with Crippen LogP contribution in [0.1, 0.15) is 25.2 Å². The summed E-state index contributed by atoms with van der Waals surface area (Å²) in [7, 11) is 4.23. The second kappa shape index (κ2) is 5.74. The average Bonchev–Trinajstić information content (AvgIpc) is 2.67. The maximum Gasteiger partial charge on any atom is 0.111 e. The van der Waals surface area contributed by atoms with E-state index in [4.69, 9.17) is 16.6 Å². The second-order valence-corrected chi connectivity index (χ2v) is 6.63. The Morgan fingerprint density at radius 3 is 2.60 bits per heavy atom. The zero-order valence-corrected chi connectivity index (χ0v) is 13.8. The van der Waals surface area contributed by atoms with E-state index >= 15 is 0 Å². The van der Waals surface area contributed by atoms with Gasteiger partial charge in [-0.25, -0.2) is 4.98 Å². The summed E-state index contributed by atoms with van der Waals surface area (Å²) in [5, 5.41) is 0. The minimum Gasteiger partial charge on any atom is -0.326 e. The third kappa shape index (κ3) is 2.99. The summed E-state index contributed by atoms with van der Waals surface area (Å²) in [6.07, 6.45) is 0.804. The molecule has 0 fully saturated rings. The van der Waals surface area contributed by atoms with Gasteiger partial charge in [0.05, 0.1) is 11.0 Å². The predicted molar refractivity (Wildman–Crippen MR) is 86.7 cm³/mol. The zero-order chi connectivity index (χ0) is 14.9. The fraction of sp³-hybridized carbons (Fsp3) is 0.562. The molecule has 20 heavy (non-hydrogen) atoms. The summed E-state index contributed by atoms with van der Waals surface area (Å²) >= 11 is 5.94. The van der Waals surface area contributed by atoms with Crippen molar-refractivity contribution in [1.29, 1.82) is 0 Å². The predicted octanol–water partition coefficient (Wildman–Crippen LogP) is 3.47. The lowest BCUT2D eigenvalue weighted by molar-refractivity contribution is 0.170. The third-order valence-corrected chi connectivity index (χ3v) is 4.25. The van der Waals surface area contributed by atoms with E-state index in [0.29, 0.717) is 5.88 Å². The molecule has 0 N–H and O–H groups in total. The quantitative estimate of drug-likeness (QED) is 0.787. The molecule has 0 radical (unpaired) electrons. The Labute approximate surface area is 126 Å². The summed E-state index contributed by atoms with van der Waals surface area (Å²) in [6, 6.07) is 6.43. The molecule has 2 aromatic rings. The fourth-order valence-corrected chi connectivity index (χ4v) is 2.43. The van der Waals surface area contributed by atoms with Crippen LogP contribution in [0, 0.1) is 6.92 Å². The summed E-state index contributed by atoms with van der Waals surface area (Å²) in [5.74, 6) is 1.68. The number of nitrogens with zero attached hydrogens (tertiary/aromatic N) is 3. The van der Waals surface area contributed by atoms with Crippen molar-refractivity contribution in [3.05, 3.63) is 29.6 Å². The van der Waals surface area contributed by atoms with E-state index in [9.17, 15) is 0 Å². The highest BCUT2D eigenvalue weighted by Gasteiger charge is 2.23. The molecule has 1 aromatic heterocycles. The smallest absolute Gasteiger partial charge is 0.111 e. The maximum atomic E-state index is 5.94.